The van der Waals surface area contributed by atoms with Crippen LogP contribution in [0.25, 0.3) is 11.3 Å². The monoisotopic (exact) mass is 368 g/mol. The van der Waals surface area contributed by atoms with E-state index < -0.39 is 4.92 Å². The number of non-ortho nitro benzene ring substituents is 1. The third-order valence-corrected chi connectivity index (χ3v) is 4.00. The summed E-state index contributed by atoms with van der Waals surface area (Å²) in [6.07, 6.45) is 1.48. The molecule has 10 heteroatoms. The summed E-state index contributed by atoms with van der Waals surface area (Å²) >= 11 is 0. The molecular formula is C17H12N4O6. The molecule has 4 rings (SSSR count). The number of ether oxygens (including phenoxy) is 2. The quantitative estimate of drug-likeness (QED) is 0.300. The molecule has 0 aliphatic carbocycles. The van der Waals surface area contributed by atoms with E-state index in [1.165, 1.54) is 18.3 Å². The van der Waals surface area contributed by atoms with Crippen molar-refractivity contribution < 1.29 is 23.9 Å². The van der Waals surface area contributed by atoms with Crippen LogP contribution >= 0.6 is 0 Å². The first kappa shape index (κ1) is 16.5. The normalized spacial score (nSPS) is 12.6. The fourth-order valence-corrected chi connectivity index (χ4v) is 2.63. The minimum Gasteiger partial charge on any atom is -0.454 e. The van der Waals surface area contributed by atoms with Gasteiger partial charge >= 0.3 is 0 Å². The zero-order valence-corrected chi connectivity index (χ0v) is 14.0. The number of hydrogen-bond acceptors (Lipinski definition) is 8. The molecule has 27 heavy (non-hydrogen) atoms. The molecule has 1 aliphatic rings. The first-order valence-electron chi connectivity index (χ1n) is 7.82. The molecule has 0 atom stereocenters. The van der Waals surface area contributed by atoms with E-state index in [0.29, 0.717) is 38.9 Å². The van der Waals surface area contributed by atoms with Gasteiger partial charge in [0.15, 0.2) is 11.5 Å². The Kier molecular flexibility index (Phi) is 3.92. The molecule has 0 N–H and O–H groups in total. The number of benzene rings is 2. The van der Waals surface area contributed by atoms with Crippen LogP contribution in [0.3, 0.4) is 0 Å². The van der Waals surface area contributed by atoms with E-state index in [9.17, 15) is 15.3 Å². The van der Waals surface area contributed by atoms with E-state index in [-0.39, 0.29) is 18.2 Å². The Hall–Kier alpha value is -3.95. The van der Waals surface area contributed by atoms with E-state index in [4.69, 9.17) is 9.47 Å². The number of nitro groups is 1. The first-order chi connectivity index (χ1) is 13.0. The third kappa shape index (κ3) is 3.03. The molecule has 0 amide bonds. The van der Waals surface area contributed by atoms with Crippen LogP contribution < -0.4 is 14.4 Å². The number of aliphatic imine (C=N–C) groups is 1. The summed E-state index contributed by atoms with van der Waals surface area (Å²) in [5, 5.41) is 26.3. The Labute approximate surface area is 152 Å². The number of fused-ring (bicyclic) bond motifs is 1. The van der Waals surface area contributed by atoms with Gasteiger partial charge in [-0.2, -0.15) is 0 Å². The van der Waals surface area contributed by atoms with Crippen molar-refractivity contribution in [3.05, 3.63) is 63.0 Å². The van der Waals surface area contributed by atoms with E-state index in [0.717, 1.165) is 0 Å². The second-order valence-electron chi connectivity index (χ2n) is 5.70. The summed E-state index contributed by atoms with van der Waals surface area (Å²) in [6.45, 7) is 1.64. The van der Waals surface area contributed by atoms with Crippen LogP contribution in [0.5, 0.6) is 11.5 Å². The minimum absolute atomic E-state index is 0.0374. The molecule has 2 heterocycles. The van der Waals surface area contributed by atoms with Crippen LogP contribution in [0.15, 0.2) is 46.0 Å². The Morgan fingerprint density at radius 3 is 2.74 bits per heavy atom. The van der Waals surface area contributed by atoms with Gasteiger partial charge in [-0.3, -0.25) is 19.7 Å². The Bertz CT molecular complexity index is 1080. The van der Waals surface area contributed by atoms with Gasteiger partial charge in [-0.1, -0.05) is 12.1 Å². The lowest BCUT2D eigenvalue weighted by Gasteiger charge is -2.04. The smallest absolute Gasteiger partial charge is 0.270 e. The maximum atomic E-state index is 11.6. The molecule has 0 bridgehead atoms. The van der Waals surface area contributed by atoms with Gasteiger partial charge in [0.1, 0.15) is 0 Å². The lowest BCUT2D eigenvalue weighted by Crippen LogP contribution is -2.25. The van der Waals surface area contributed by atoms with Crippen molar-refractivity contribution in [2.24, 2.45) is 4.99 Å². The molecule has 0 saturated heterocycles. The molecule has 1 aliphatic heterocycles. The largest absolute Gasteiger partial charge is 0.454 e. The Morgan fingerprint density at radius 1 is 1.26 bits per heavy atom. The van der Waals surface area contributed by atoms with Crippen molar-refractivity contribution >= 4 is 17.6 Å². The van der Waals surface area contributed by atoms with Crippen molar-refractivity contribution in [2.45, 2.75) is 6.92 Å². The highest BCUT2D eigenvalue weighted by Crippen LogP contribution is 2.42. The van der Waals surface area contributed by atoms with Crippen LogP contribution in [0.1, 0.15) is 11.3 Å². The molecule has 1 aromatic heterocycles. The summed E-state index contributed by atoms with van der Waals surface area (Å²) in [5.74, 6) is 1.00. The highest BCUT2D eigenvalue weighted by atomic mass is 16.8. The van der Waals surface area contributed by atoms with E-state index in [2.05, 4.69) is 14.8 Å². The third-order valence-electron chi connectivity index (χ3n) is 4.00. The molecule has 0 radical (unpaired) electrons. The summed E-state index contributed by atoms with van der Waals surface area (Å²) < 4.78 is 15.4. The summed E-state index contributed by atoms with van der Waals surface area (Å²) in [4.78, 5) is 15.1. The van der Waals surface area contributed by atoms with Crippen molar-refractivity contribution in [3.8, 4) is 22.8 Å². The number of nitrogens with zero attached hydrogens (tertiary/aromatic N) is 4. The maximum Gasteiger partial charge on any atom is 0.270 e. The van der Waals surface area contributed by atoms with Crippen LogP contribution in [-0.2, 0) is 0 Å². The lowest BCUT2D eigenvalue weighted by atomic mass is 10.1. The predicted molar refractivity (Wildman–Crippen MR) is 92.1 cm³/mol. The molecule has 0 unspecified atom stereocenters. The van der Waals surface area contributed by atoms with Gasteiger partial charge in [0.2, 0.25) is 12.5 Å². The van der Waals surface area contributed by atoms with Crippen molar-refractivity contribution in [1.82, 2.24) is 5.16 Å². The van der Waals surface area contributed by atoms with Crippen LogP contribution in [0.2, 0.25) is 0 Å². The predicted octanol–water partition coefficient (Wildman–Crippen LogP) is 2.67. The Morgan fingerprint density at radius 2 is 2.04 bits per heavy atom. The zero-order valence-electron chi connectivity index (χ0n) is 14.0. The molecular weight excluding hydrogens is 356 g/mol. The first-order valence-corrected chi connectivity index (χ1v) is 7.82. The van der Waals surface area contributed by atoms with Gasteiger partial charge < -0.3 is 14.7 Å². The maximum absolute atomic E-state index is 11.6. The van der Waals surface area contributed by atoms with Crippen LogP contribution in [0, 0.1) is 22.2 Å². The molecule has 3 aromatic rings. The lowest BCUT2D eigenvalue weighted by molar-refractivity contribution is -0.806. The minimum atomic E-state index is -0.477. The molecule has 0 spiro atoms. The van der Waals surface area contributed by atoms with E-state index in [1.807, 2.05) is 0 Å². The van der Waals surface area contributed by atoms with Gasteiger partial charge in [0, 0.05) is 36.5 Å². The van der Waals surface area contributed by atoms with Gasteiger partial charge in [-0.15, -0.1) is 0 Å². The number of hydrogen-bond donors (Lipinski definition) is 0. The van der Waals surface area contributed by atoms with Gasteiger partial charge in [-0.25, -0.2) is 0 Å². The Balaban J connectivity index is 1.79. The zero-order chi connectivity index (χ0) is 19.0. The highest BCUT2D eigenvalue weighted by Gasteiger charge is 2.24. The van der Waals surface area contributed by atoms with E-state index >= 15 is 0 Å². The van der Waals surface area contributed by atoms with Gasteiger partial charge in [-0.05, 0) is 16.5 Å². The van der Waals surface area contributed by atoms with Crippen molar-refractivity contribution in [3.63, 3.8) is 0 Å². The second kappa shape index (κ2) is 6.41. The summed E-state index contributed by atoms with van der Waals surface area (Å²) in [7, 11) is 0. The molecule has 2 aromatic carbocycles. The second-order valence-corrected chi connectivity index (χ2v) is 5.70. The summed E-state index contributed by atoms with van der Waals surface area (Å²) in [5.41, 5.74) is 2.04. The van der Waals surface area contributed by atoms with Gasteiger partial charge in [0.05, 0.1) is 16.2 Å². The molecule has 136 valence electrons. The molecule has 0 fully saturated rings. The van der Waals surface area contributed by atoms with Crippen LogP contribution in [-0.4, -0.2) is 23.1 Å². The number of nitro benzene ring substituents is 1. The summed E-state index contributed by atoms with van der Waals surface area (Å²) in [6, 6.07) is 9.37. The highest BCUT2D eigenvalue weighted by molar-refractivity contribution is 5.87. The fraction of sp³-hybridized carbons (Fsp3) is 0.118. The topological polar surface area (TPSA) is 127 Å². The van der Waals surface area contributed by atoms with Crippen LogP contribution in [0.4, 0.5) is 11.4 Å². The average Bonchev–Trinajstić information content (AvgIpc) is 3.25. The van der Waals surface area contributed by atoms with E-state index in [1.54, 1.807) is 31.2 Å². The van der Waals surface area contributed by atoms with Gasteiger partial charge in [0.25, 0.3) is 11.4 Å². The average molecular weight is 368 g/mol. The standard InChI is InChI=1S/C17H12N4O6/c1-10-17(19-27-21(10)24)13-6-15-16(26-9-25-15)7-14(13)18-8-11-3-2-4-12(5-11)20(22)23/h2-8H,9H2,1H3. The van der Waals surface area contributed by atoms with Crippen molar-refractivity contribution in [2.75, 3.05) is 6.79 Å². The van der Waals surface area contributed by atoms with Crippen molar-refractivity contribution in [1.29, 1.82) is 0 Å². The number of rotatable bonds is 4. The fourth-order valence-electron chi connectivity index (χ4n) is 2.63. The SMILES string of the molecule is Cc1c(-c2cc3c(cc2N=Cc2cccc([N+](=O)[O-])c2)OCO3)no[n+]1[O-]. The number of aromatic nitrogens is 2. The molecule has 0 saturated carbocycles. The molecule has 10 nitrogen and oxygen atoms in total.